The molecule has 0 radical (unpaired) electrons. The van der Waals surface area contributed by atoms with Crippen molar-refractivity contribution < 1.29 is 14.5 Å². The number of anilines is 1. The summed E-state index contributed by atoms with van der Waals surface area (Å²) < 4.78 is 7.79. The van der Waals surface area contributed by atoms with E-state index < -0.39 is 11.7 Å². The van der Waals surface area contributed by atoms with E-state index in [9.17, 15) is 14.9 Å². The zero-order valence-corrected chi connectivity index (χ0v) is 18.5. The Bertz CT molecular complexity index is 921. The Morgan fingerprint density at radius 1 is 1.43 bits per heavy atom. The number of aromatic nitrogens is 2. The maximum Gasteiger partial charge on any atom is 0.407 e. The zero-order chi connectivity index (χ0) is 20.6. The normalized spacial score (nSPS) is 17.6. The first-order valence-electron chi connectivity index (χ1n) is 9.11. The first-order valence-corrected chi connectivity index (χ1v) is 10.2. The largest absolute Gasteiger partial charge is 0.444 e. The number of alkyl carbamates (subject to hydrolysis) is 1. The van der Waals surface area contributed by atoms with Gasteiger partial charge in [0.2, 0.25) is 0 Å². The third-order valence-corrected chi connectivity index (χ3v) is 5.34. The van der Waals surface area contributed by atoms with E-state index in [2.05, 4.69) is 33.0 Å². The molecule has 1 N–H and O–H groups in total. The quantitative estimate of drug-likeness (QED) is 0.392. The van der Waals surface area contributed by atoms with E-state index in [1.165, 1.54) is 6.07 Å². The second kappa shape index (κ2) is 7.72. The number of nitro benzene ring substituents is 1. The van der Waals surface area contributed by atoms with Crippen LogP contribution in [0.3, 0.4) is 0 Å². The van der Waals surface area contributed by atoms with Crippen LogP contribution in [0.5, 0.6) is 0 Å². The fourth-order valence-corrected chi connectivity index (χ4v) is 4.37. The molecule has 28 heavy (non-hydrogen) atoms. The lowest BCUT2D eigenvalue weighted by molar-refractivity contribution is -0.384. The molecule has 3 rings (SSSR count). The summed E-state index contributed by atoms with van der Waals surface area (Å²) in [7, 11) is 1.82. The SMILES string of the molecule is Cn1nc(I)c2c(N3CCC[C@@H](NC(=O)OC(C)(C)C)C3)c([N+](=O)[O-])ccc21. The van der Waals surface area contributed by atoms with Crippen LogP contribution in [0.4, 0.5) is 16.2 Å². The Morgan fingerprint density at radius 2 is 2.14 bits per heavy atom. The number of aryl methyl sites for hydroxylation is 1. The van der Waals surface area contributed by atoms with Crippen LogP contribution >= 0.6 is 22.6 Å². The fourth-order valence-electron chi connectivity index (χ4n) is 3.52. The smallest absolute Gasteiger partial charge is 0.407 e. The number of piperidine rings is 1. The molecule has 2 heterocycles. The van der Waals surface area contributed by atoms with Crippen molar-refractivity contribution in [3.8, 4) is 0 Å². The summed E-state index contributed by atoms with van der Waals surface area (Å²) >= 11 is 2.11. The minimum absolute atomic E-state index is 0.0522. The van der Waals surface area contributed by atoms with E-state index in [0.29, 0.717) is 18.8 Å². The van der Waals surface area contributed by atoms with Gasteiger partial charge < -0.3 is 15.0 Å². The maximum absolute atomic E-state index is 12.1. The summed E-state index contributed by atoms with van der Waals surface area (Å²) in [5.74, 6) is 0. The van der Waals surface area contributed by atoms with E-state index in [4.69, 9.17) is 4.74 Å². The highest BCUT2D eigenvalue weighted by Crippen LogP contribution is 2.39. The van der Waals surface area contributed by atoms with Crippen molar-refractivity contribution in [3.63, 3.8) is 0 Å². The summed E-state index contributed by atoms with van der Waals surface area (Å²) in [6.45, 7) is 6.60. The molecule has 1 fully saturated rings. The van der Waals surface area contributed by atoms with Crippen LogP contribution in [0.2, 0.25) is 0 Å². The number of hydrogen-bond donors (Lipinski definition) is 1. The molecule has 1 aliphatic heterocycles. The maximum atomic E-state index is 12.1. The minimum atomic E-state index is -0.575. The van der Waals surface area contributed by atoms with Crippen LogP contribution < -0.4 is 10.2 Å². The van der Waals surface area contributed by atoms with E-state index >= 15 is 0 Å². The highest BCUT2D eigenvalue weighted by Gasteiger charge is 2.31. The monoisotopic (exact) mass is 501 g/mol. The zero-order valence-electron chi connectivity index (χ0n) is 16.4. The molecule has 152 valence electrons. The van der Waals surface area contributed by atoms with Crippen molar-refractivity contribution in [1.82, 2.24) is 15.1 Å². The summed E-state index contributed by atoms with van der Waals surface area (Å²) in [6, 6.07) is 3.11. The van der Waals surface area contributed by atoms with Gasteiger partial charge in [0, 0.05) is 32.2 Å². The number of hydrogen-bond acceptors (Lipinski definition) is 6. The van der Waals surface area contributed by atoms with Crippen molar-refractivity contribution in [2.45, 2.75) is 45.3 Å². The molecule has 2 aromatic rings. The first kappa shape index (κ1) is 20.6. The molecular formula is C18H24IN5O4. The van der Waals surface area contributed by atoms with Gasteiger partial charge in [0.25, 0.3) is 5.69 Å². The average molecular weight is 501 g/mol. The number of carbonyl (C=O) groups is 1. The molecule has 1 atom stereocenters. The number of nitrogens with one attached hydrogen (secondary N) is 1. The van der Waals surface area contributed by atoms with Gasteiger partial charge in [-0.1, -0.05) is 0 Å². The lowest BCUT2D eigenvalue weighted by atomic mass is 10.0. The number of rotatable bonds is 3. The molecule has 1 aromatic heterocycles. The second-order valence-corrected chi connectivity index (χ2v) is 8.95. The number of fused-ring (bicyclic) bond motifs is 1. The molecule has 1 amide bonds. The van der Waals surface area contributed by atoms with Gasteiger partial charge in [0.05, 0.1) is 15.8 Å². The summed E-state index contributed by atoms with van der Waals surface area (Å²) in [4.78, 5) is 25.5. The van der Waals surface area contributed by atoms with Crippen LogP contribution in [-0.2, 0) is 11.8 Å². The van der Waals surface area contributed by atoms with Crippen molar-refractivity contribution in [2.24, 2.45) is 7.05 Å². The molecule has 0 aliphatic carbocycles. The highest BCUT2D eigenvalue weighted by molar-refractivity contribution is 14.1. The Balaban J connectivity index is 1.92. The fraction of sp³-hybridized carbons (Fsp3) is 0.556. The highest BCUT2D eigenvalue weighted by atomic mass is 127. The minimum Gasteiger partial charge on any atom is -0.444 e. The average Bonchev–Trinajstić information content (AvgIpc) is 2.87. The van der Waals surface area contributed by atoms with Gasteiger partial charge in [0.1, 0.15) is 15.0 Å². The molecule has 0 unspecified atom stereocenters. The number of nitro groups is 1. The van der Waals surface area contributed by atoms with Gasteiger partial charge in [-0.05, 0) is 62.3 Å². The van der Waals surface area contributed by atoms with Crippen molar-refractivity contribution in [3.05, 3.63) is 25.9 Å². The van der Waals surface area contributed by atoms with Crippen molar-refractivity contribution >= 4 is 51.0 Å². The predicted octanol–water partition coefficient (Wildman–Crippen LogP) is 3.58. The molecule has 10 heteroatoms. The molecular weight excluding hydrogens is 477 g/mol. The molecule has 1 aliphatic rings. The summed E-state index contributed by atoms with van der Waals surface area (Å²) in [6.07, 6.45) is 1.14. The van der Waals surface area contributed by atoms with Crippen molar-refractivity contribution in [1.29, 1.82) is 0 Å². The Hall–Kier alpha value is -2.11. The van der Waals surface area contributed by atoms with Gasteiger partial charge >= 0.3 is 6.09 Å². The summed E-state index contributed by atoms with van der Waals surface area (Å²) in [5, 5.41) is 19.8. The van der Waals surface area contributed by atoms with Gasteiger partial charge in [-0.3, -0.25) is 14.8 Å². The molecule has 1 aromatic carbocycles. The number of benzene rings is 1. The van der Waals surface area contributed by atoms with Crippen molar-refractivity contribution in [2.75, 3.05) is 18.0 Å². The lowest BCUT2D eigenvalue weighted by Gasteiger charge is -2.35. The third-order valence-electron chi connectivity index (χ3n) is 4.58. The topological polar surface area (TPSA) is 103 Å². The van der Waals surface area contributed by atoms with Crippen LogP contribution in [0.25, 0.3) is 10.9 Å². The van der Waals surface area contributed by atoms with Crippen LogP contribution in [-0.4, -0.2) is 45.5 Å². The van der Waals surface area contributed by atoms with E-state index in [0.717, 1.165) is 27.4 Å². The van der Waals surface area contributed by atoms with E-state index in [-0.39, 0.29) is 16.7 Å². The molecule has 1 saturated heterocycles. The second-order valence-electron chi connectivity index (χ2n) is 7.93. The summed E-state index contributed by atoms with van der Waals surface area (Å²) in [5.41, 5.74) is 0.883. The number of carbonyl (C=O) groups excluding carboxylic acids is 1. The number of halogens is 1. The number of nitrogens with zero attached hydrogens (tertiary/aromatic N) is 4. The van der Waals surface area contributed by atoms with Gasteiger partial charge in [0.15, 0.2) is 0 Å². The van der Waals surface area contributed by atoms with Crippen LogP contribution in [0.1, 0.15) is 33.6 Å². The van der Waals surface area contributed by atoms with Crippen LogP contribution in [0.15, 0.2) is 12.1 Å². The molecule has 0 spiro atoms. The standard InChI is InChI=1S/C18H24IN5O4/c1-18(2,3)28-17(25)20-11-6-5-9-23(10-11)15-13(24(26)27)8-7-12-14(15)16(19)21-22(12)4/h7-8,11H,5-6,9-10H2,1-4H3,(H,20,25)/t11-/m1/s1. The predicted molar refractivity (Wildman–Crippen MR) is 115 cm³/mol. The number of ether oxygens (including phenoxy) is 1. The lowest BCUT2D eigenvalue weighted by Crippen LogP contribution is -2.49. The Kier molecular flexibility index (Phi) is 5.69. The van der Waals surface area contributed by atoms with Gasteiger partial charge in [-0.2, -0.15) is 5.10 Å². The number of amides is 1. The Labute approximate surface area is 176 Å². The Morgan fingerprint density at radius 3 is 2.79 bits per heavy atom. The van der Waals surface area contributed by atoms with Crippen LogP contribution in [0, 0.1) is 13.8 Å². The van der Waals surface area contributed by atoms with E-state index in [1.807, 2.05) is 32.7 Å². The third kappa shape index (κ3) is 4.31. The van der Waals surface area contributed by atoms with Gasteiger partial charge in [-0.25, -0.2) is 4.79 Å². The molecule has 0 saturated carbocycles. The van der Waals surface area contributed by atoms with Gasteiger partial charge in [-0.15, -0.1) is 0 Å². The molecule has 0 bridgehead atoms. The first-order chi connectivity index (χ1) is 13.1. The molecule has 9 nitrogen and oxygen atoms in total. The van der Waals surface area contributed by atoms with E-state index in [1.54, 1.807) is 10.7 Å².